The van der Waals surface area contributed by atoms with Crippen LogP contribution in [0, 0.1) is 12.8 Å². The highest BCUT2D eigenvalue weighted by molar-refractivity contribution is 5.48. The maximum Gasteiger partial charge on any atom is 0.0367 e. The molecule has 1 heterocycles. The highest BCUT2D eigenvalue weighted by Gasteiger charge is 2.22. The van der Waals surface area contributed by atoms with Crippen LogP contribution in [0.3, 0.4) is 0 Å². The van der Waals surface area contributed by atoms with Gasteiger partial charge in [0.1, 0.15) is 0 Å². The molecular formula is C28H40N2. The van der Waals surface area contributed by atoms with Gasteiger partial charge in [0.15, 0.2) is 0 Å². The van der Waals surface area contributed by atoms with Gasteiger partial charge in [-0.25, -0.2) is 0 Å². The lowest BCUT2D eigenvalue weighted by atomic mass is 9.77. The molecule has 2 fully saturated rings. The van der Waals surface area contributed by atoms with Crippen molar-refractivity contribution < 1.29 is 0 Å². The van der Waals surface area contributed by atoms with Crippen LogP contribution < -0.4 is 4.90 Å². The summed E-state index contributed by atoms with van der Waals surface area (Å²) >= 11 is 0. The topological polar surface area (TPSA) is 6.48 Å². The lowest BCUT2D eigenvalue weighted by molar-refractivity contribution is 0.271. The maximum absolute atomic E-state index is 2.54. The van der Waals surface area contributed by atoms with Crippen LogP contribution >= 0.6 is 0 Å². The minimum Gasteiger partial charge on any atom is -0.369 e. The Morgan fingerprint density at radius 3 is 2.10 bits per heavy atom. The van der Waals surface area contributed by atoms with Gasteiger partial charge in [-0.2, -0.15) is 0 Å². The van der Waals surface area contributed by atoms with Crippen molar-refractivity contribution in [1.82, 2.24) is 4.90 Å². The van der Waals surface area contributed by atoms with E-state index in [-0.39, 0.29) is 0 Å². The first-order valence-electron chi connectivity index (χ1n) is 12.3. The van der Waals surface area contributed by atoms with E-state index in [1.165, 1.54) is 94.5 Å². The minimum absolute atomic E-state index is 0.800. The van der Waals surface area contributed by atoms with E-state index in [4.69, 9.17) is 0 Å². The van der Waals surface area contributed by atoms with E-state index in [1.807, 2.05) is 0 Å². The molecule has 30 heavy (non-hydrogen) atoms. The van der Waals surface area contributed by atoms with Gasteiger partial charge in [-0.15, -0.1) is 0 Å². The minimum atomic E-state index is 0.800. The summed E-state index contributed by atoms with van der Waals surface area (Å²) < 4.78 is 0. The number of likely N-dealkylation sites (N-methyl/N-ethyl adjacent to an activating group) is 1. The van der Waals surface area contributed by atoms with Crippen molar-refractivity contribution in [2.45, 2.75) is 64.7 Å². The second-order valence-corrected chi connectivity index (χ2v) is 9.61. The van der Waals surface area contributed by atoms with E-state index in [0.29, 0.717) is 0 Å². The third kappa shape index (κ3) is 5.66. The molecule has 0 atom stereocenters. The van der Waals surface area contributed by atoms with Crippen molar-refractivity contribution >= 4 is 5.69 Å². The number of hydrogen-bond donors (Lipinski definition) is 0. The molecule has 2 heteroatoms. The molecular weight excluding hydrogens is 364 g/mol. The average molecular weight is 405 g/mol. The van der Waals surface area contributed by atoms with Crippen molar-refractivity contribution in [3.63, 3.8) is 0 Å². The largest absolute Gasteiger partial charge is 0.369 e. The summed E-state index contributed by atoms with van der Waals surface area (Å²) in [6.07, 6.45) is 9.58. The molecule has 1 aliphatic heterocycles. The summed E-state index contributed by atoms with van der Waals surface area (Å²) in [7, 11) is 0. The Bertz CT molecular complexity index is 748. The average Bonchev–Trinajstić information content (AvgIpc) is 2.81. The van der Waals surface area contributed by atoms with Crippen LogP contribution in [0.25, 0.3) is 0 Å². The molecule has 2 aliphatic rings. The number of piperazine rings is 1. The molecule has 0 radical (unpaired) electrons. The van der Waals surface area contributed by atoms with E-state index in [0.717, 1.165) is 11.8 Å². The summed E-state index contributed by atoms with van der Waals surface area (Å²) in [5, 5.41) is 0. The van der Waals surface area contributed by atoms with Gasteiger partial charge < -0.3 is 9.80 Å². The summed E-state index contributed by atoms with van der Waals surface area (Å²) in [6, 6.07) is 18.7. The van der Waals surface area contributed by atoms with Crippen molar-refractivity contribution in [1.29, 1.82) is 0 Å². The number of rotatable bonds is 7. The predicted molar refractivity (Wildman–Crippen MR) is 130 cm³/mol. The molecule has 1 saturated heterocycles. The molecule has 162 valence electrons. The number of anilines is 1. The number of aryl methyl sites for hydroxylation is 2. The van der Waals surface area contributed by atoms with E-state index < -0.39 is 0 Å². The third-order valence-corrected chi connectivity index (χ3v) is 7.59. The molecule has 0 aromatic heterocycles. The van der Waals surface area contributed by atoms with Crippen molar-refractivity contribution in [3.8, 4) is 0 Å². The Morgan fingerprint density at radius 1 is 0.800 bits per heavy atom. The SMILES string of the molecule is CCN1CCN(c2ccc(CCCC3CCC(c4ccc(C)cc4)CC3)cc2)CC1. The van der Waals surface area contributed by atoms with Crippen molar-refractivity contribution in [2.75, 3.05) is 37.6 Å². The Hall–Kier alpha value is -1.80. The highest BCUT2D eigenvalue weighted by Crippen LogP contribution is 2.37. The standard InChI is InChI=1S/C28H40N2/c1-3-29-19-21-30(22-20-29)28-17-11-25(12-18-28)6-4-5-24-9-15-27(16-10-24)26-13-7-23(2)8-14-26/h7-8,11-14,17-18,24,27H,3-6,9-10,15-16,19-22H2,1-2H3. The van der Waals surface area contributed by atoms with E-state index in [9.17, 15) is 0 Å². The van der Waals surface area contributed by atoms with E-state index in [2.05, 4.69) is 72.2 Å². The van der Waals surface area contributed by atoms with Crippen LogP contribution in [-0.2, 0) is 6.42 Å². The van der Waals surface area contributed by atoms with Gasteiger partial charge in [-0.05, 0) is 87.1 Å². The van der Waals surface area contributed by atoms with Crippen LogP contribution in [0.1, 0.15) is 68.1 Å². The Kier molecular flexibility index (Phi) is 7.49. The van der Waals surface area contributed by atoms with Crippen LogP contribution in [0.15, 0.2) is 48.5 Å². The quantitative estimate of drug-likeness (QED) is 0.524. The summed E-state index contributed by atoms with van der Waals surface area (Å²) in [5.74, 6) is 1.74. The fraction of sp³-hybridized carbons (Fsp3) is 0.571. The highest BCUT2D eigenvalue weighted by atomic mass is 15.3. The zero-order valence-corrected chi connectivity index (χ0v) is 19.2. The zero-order valence-electron chi connectivity index (χ0n) is 19.2. The van der Waals surface area contributed by atoms with E-state index >= 15 is 0 Å². The fourth-order valence-electron chi connectivity index (χ4n) is 5.41. The van der Waals surface area contributed by atoms with Crippen molar-refractivity contribution in [2.24, 2.45) is 5.92 Å². The molecule has 0 N–H and O–H groups in total. The molecule has 0 bridgehead atoms. The number of benzene rings is 2. The molecule has 1 aliphatic carbocycles. The Labute approximate surface area is 184 Å². The smallest absolute Gasteiger partial charge is 0.0367 e. The Morgan fingerprint density at radius 2 is 1.47 bits per heavy atom. The summed E-state index contributed by atoms with van der Waals surface area (Å²) in [4.78, 5) is 5.08. The van der Waals surface area contributed by atoms with Crippen LogP contribution in [0.2, 0.25) is 0 Å². The van der Waals surface area contributed by atoms with Gasteiger partial charge in [0.2, 0.25) is 0 Å². The normalized spacial score (nSPS) is 22.9. The third-order valence-electron chi connectivity index (χ3n) is 7.59. The molecule has 0 unspecified atom stereocenters. The molecule has 4 rings (SSSR count). The van der Waals surface area contributed by atoms with Crippen LogP contribution in [0.4, 0.5) is 5.69 Å². The number of nitrogens with zero attached hydrogens (tertiary/aromatic N) is 2. The van der Waals surface area contributed by atoms with Gasteiger partial charge in [-0.1, -0.05) is 55.3 Å². The fourth-order valence-corrected chi connectivity index (χ4v) is 5.41. The molecule has 1 saturated carbocycles. The molecule has 2 nitrogen and oxygen atoms in total. The summed E-state index contributed by atoms with van der Waals surface area (Å²) in [5.41, 5.74) is 5.86. The van der Waals surface area contributed by atoms with Crippen LogP contribution in [-0.4, -0.2) is 37.6 Å². The van der Waals surface area contributed by atoms with Gasteiger partial charge in [0.25, 0.3) is 0 Å². The molecule has 2 aromatic rings. The van der Waals surface area contributed by atoms with Crippen molar-refractivity contribution in [3.05, 3.63) is 65.2 Å². The summed E-state index contributed by atoms with van der Waals surface area (Å²) in [6.45, 7) is 10.4. The second kappa shape index (κ2) is 10.5. The maximum atomic E-state index is 2.54. The van der Waals surface area contributed by atoms with Gasteiger partial charge in [0.05, 0.1) is 0 Å². The van der Waals surface area contributed by atoms with Gasteiger partial charge in [-0.3, -0.25) is 0 Å². The second-order valence-electron chi connectivity index (χ2n) is 9.61. The molecule has 2 aromatic carbocycles. The van der Waals surface area contributed by atoms with E-state index in [1.54, 1.807) is 5.56 Å². The van der Waals surface area contributed by atoms with Crippen LogP contribution in [0.5, 0.6) is 0 Å². The first kappa shape index (κ1) is 21.4. The Balaban J connectivity index is 1.17. The first-order valence-corrected chi connectivity index (χ1v) is 12.3. The molecule has 0 amide bonds. The lowest BCUT2D eigenvalue weighted by Gasteiger charge is -2.35. The van der Waals surface area contributed by atoms with Gasteiger partial charge in [0, 0.05) is 31.9 Å². The monoisotopic (exact) mass is 404 g/mol. The number of hydrogen-bond acceptors (Lipinski definition) is 2. The molecule has 0 spiro atoms. The predicted octanol–water partition coefficient (Wildman–Crippen LogP) is 6.43. The first-order chi connectivity index (χ1) is 14.7. The van der Waals surface area contributed by atoms with Gasteiger partial charge >= 0.3 is 0 Å². The lowest BCUT2D eigenvalue weighted by Crippen LogP contribution is -2.46. The zero-order chi connectivity index (χ0) is 20.8.